The molecule has 1 atom stereocenters. The van der Waals surface area contributed by atoms with Gasteiger partial charge in [0, 0.05) is 62.4 Å². The van der Waals surface area contributed by atoms with Gasteiger partial charge < -0.3 is 24.0 Å². The summed E-state index contributed by atoms with van der Waals surface area (Å²) in [6.07, 6.45) is 3.01. The normalized spacial score (nSPS) is 18.9. The van der Waals surface area contributed by atoms with Crippen molar-refractivity contribution in [1.82, 2.24) is 40.0 Å². The van der Waals surface area contributed by atoms with Gasteiger partial charge in [-0.2, -0.15) is 5.21 Å². The SMILES string of the molecule is CCOCCn1c(N2CCCN(CCC3(c4ccccc4)CCN(C(=O)c4cc(-c5nn[nH]n5)ccc4C)C3)CC2)nc2ccccc21. The molecule has 1 amide bonds. The quantitative estimate of drug-likeness (QED) is 0.201. The minimum absolute atomic E-state index is 0.0632. The molecule has 11 heteroatoms. The van der Waals surface area contributed by atoms with E-state index in [1.165, 1.54) is 5.56 Å². The molecule has 4 heterocycles. The molecule has 2 aliphatic rings. The lowest BCUT2D eigenvalue weighted by Crippen LogP contribution is -2.39. The summed E-state index contributed by atoms with van der Waals surface area (Å²) in [5.74, 6) is 1.60. The second kappa shape index (κ2) is 14.2. The highest BCUT2D eigenvalue weighted by Crippen LogP contribution is 2.39. The Morgan fingerprint density at radius 2 is 1.81 bits per heavy atom. The average Bonchev–Trinajstić information content (AvgIpc) is 3.86. The summed E-state index contributed by atoms with van der Waals surface area (Å²) in [6, 6.07) is 25.0. The maximum atomic E-state index is 14.0. The van der Waals surface area contributed by atoms with Gasteiger partial charge in [-0.05, 0) is 80.7 Å². The lowest BCUT2D eigenvalue weighted by molar-refractivity contribution is 0.0780. The zero-order valence-electron chi connectivity index (χ0n) is 28.0. The number of carbonyl (C=O) groups excluding carboxylic acids is 1. The predicted molar refractivity (Wildman–Crippen MR) is 187 cm³/mol. The van der Waals surface area contributed by atoms with Crippen LogP contribution < -0.4 is 4.90 Å². The molecule has 0 radical (unpaired) electrons. The number of imidazole rings is 1. The van der Waals surface area contributed by atoms with Gasteiger partial charge in [-0.3, -0.25) is 4.79 Å². The molecule has 1 N–H and O–H groups in total. The predicted octanol–water partition coefficient (Wildman–Crippen LogP) is 4.95. The third-order valence-corrected chi connectivity index (χ3v) is 10.2. The van der Waals surface area contributed by atoms with Crippen molar-refractivity contribution >= 4 is 22.9 Å². The van der Waals surface area contributed by atoms with Crippen LogP contribution >= 0.6 is 0 Å². The van der Waals surface area contributed by atoms with Gasteiger partial charge in [0.25, 0.3) is 5.91 Å². The highest BCUT2D eigenvalue weighted by molar-refractivity contribution is 5.97. The van der Waals surface area contributed by atoms with Crippen molar-refractivity contribution in [2.24, 2.45) is 0 Å². The van der Waals surface area contributed by atoms with Crippen LogP contribution in [-0.2, 0) is 16.7 Å². The van der Waals surface area contributed by atoms with E-state index in [1.807, 2.05) is 36.9 Å². The number of aromatic amines is 1. The molecule has 0 bridgehead atoms. The number of aryl methyl sites for hydroxylation is 1. The largest absolute Gasteiger partial charge is 0.380 e. The fraction of sp³-hybridized carbons (Fsp3) is 0.432. The molecule has 0 spiro atoms. The second-order valence-corrected chi connectivity index (χ2v) is 13.1. The van der Waals surface area contributed by atoms with Crippen LogP contribution in [0.2, 0.25) is 0 Å². The van der Waals surface area contributed by atoms with Crippen LogP contribution in [0.1, 0.15) is 47.7 Å². The monoisotopic (exact) mass is 647 g/mol. The maximum absolute atomic E-state index is 14.0. The number of nitrogens with zero attached hydrogens (tertiary/aromatic N) is 8. The zero-order valence-corrected chi connectivity index (χ0v) is 28.0. The summed E-state index contributed by atoms with van der Waals surface area (Å²) < 4.78 is 8.06. The van der Waals surface area contributed by atoms with Crippen LogP contribution in [0.25, 0.3) is 22.4 Å². The van der Waals surface area contributed by atoms with Crippen molar-refractivity contribution in [1.29, 1.82) is 0 Å². The van der Waals surface area contributed by atoms with E-state index in [-0.39, 0.29) is 11.3 Å². The number of fused-ring (bicyclic) bond motifs is 1. The Morgan fingerprint density at radius 1 is 0.958 bits per heavy atom. The maximum Gasteiger partial charge on any atom is 0.254 e. The Morgan fingerprint density at radius 3 is 2.65 bits per heavy atom. The summed E-state index contributed by atoms with van der Waals surface area (Å²) in [5.41, 5.74) is 5.84. The van der Waals surface area contributed by atoms with E-state index in [0.29, 0.717) is 31.1 Å². The lowest BCUT2D eigenvalue weighted by Gasteiger charge is -2.33. The van der Waals surface area contributed by atoms with Gasteiger partial charge in [0.2, 0.25) is 11.8 Å². The number of benzene rings is 3. The topological polar surface area (TPSA) is 108 Å². The number of H-pyrrole nitrogens is 1. The number of likely N-dealkylation sites (tertiary alicyclic amines) is 1. The highest BCUT2D eigenvalue weighted by Gasteiger charge is 2.42. The molecule has 5 aromatic rings. The Balaban J connectivity index is 1.05. The Labute approximate surface area is 281 Å². The first kappa shape index (κ1) is 32.0. The number of nitrogens with one attached hydrogen (secondary N) is 1. The lowest BCUT2D eigenvalue weighted by atomic mass is 9.76. The molecule has 7 rings (SSSR count). The first-order valence-corrected chi connectivity index (χ1v) is 17.2. The van der Waals surface area contributed by atoms with Crippen LogP contribution in [0.5, 0.6) is 0 Å². The fourth-order valence-electron chi connectivity index (χ4n) is 7.46. The molecule has 3 aromatic carbocycles. The number of rotatable bonds is 11. The summed E-state index contributed by atoms with van der Waals surface area (Å²) in [4.78, 5) is 26.2. The number of ether oxygens (including phenoxy) is 1. The first-order chi connectivity index (χ1) is 23.5. The van der Waals surface area contributed by atoms with Crippen LogP contribution in [0.4, 0.5) is 5.95 Å². The minimum atomic E-state index is -0.102. The van der Waals surface area contributed by atoms with E-state index >= 15 is 0 Å². The number of carbonyl (C=O) groups is 1. The van der Waals surface area contributed by atoms with Crippen molar-refractivity contribution in [3.05, 3.63) is 89.5 Å². The third kappa shape index (κ3) is 6.57. The number of anilines is 1. The highest BCUT2D eigenvalue weighted by atomic mass is 16.5. The van der Waals surface area contributed by atoms with E-state index in [9.17, 15) is 4.79 Å². The Kier molecular flexibility index (Phi) is 9.49. The smallest absolute Gasteiger partial charge is 0.254 e. The molecule has 1 unspecified atom stereocenters. The van der Waals surface area contributed by atoms with Crippen LogP contribution in [-0.4, -0.2) is 105 Å². The summed E-state index contributed by atoms with van der Waals surface area (Å²) in [6.45, 7) is 12.5. The van der Waals surface area contributed by atoms with Gasteiger partial charge >= 0.3 is 0 Å². The number of hydrogen-bond acceptors (Lipinski definition) is 8. The summed E-state index contributed by atoms with van der Waals surface area (Å²) in [7, 11) is 0. The molecule has 2 fully saturated rings. The number of amides is 1. The van der Waals surface area contributed by atoms with Crippen LogP contribution in [0.3, 0.4) is 0 Å². The van der Waals surface area contributed by atoms with Gasteiger partial charge in [0.05, 0.1) is 17.6 Å². The van der Waals surface area contributed by atoms with Gasteiger partial charge in [-0.25, -0.2) is 4.98 Å². The van der Waals surface area contributed by atoms with Gasteiger partial charge in [0.15, 0.2) is 0 Å². The molecular weight excluding hydrogens is 602 g/mol. The van der Waals surface area contributed by atoms with Crippen molar-refractivity contribution < 1.29 is 9.53 Å². The number of hydrogen-bond donors (Lipinski definition) is 1. The number of para-hydroxylation sites is 2. The standard InChI is InChI=1S/C37H45N9O2/c1-3-48-25-24-46-33-13-8-7-12-32(33)38-36(46)44-19-9-18-43(22-23-44)20-16-37(30-10-5-4-6-11-30)17-21-45(27-37)35(47)31-26-29(15-14-28(31)2)34-39-41-42-40-34/h4-8,10-15,26H,3,9,16-25,27H2,1-2H3,(H,39,40,41,42). The molecule has 250 valence electrons. The minimum Gasteiger partial charge on any atom is -0.380 e. The molecule has 11 nitrogen and oxygen atoms in total. The molecule has 2 aliphatic heterocycles. The third-order valence-electron chi connectivity index (χ3n) is 10.2. The molecule has 48 heavy (non-hydrogen) atoms. The number of aromatic nitrogens is 6. The van der Waals surface area contributed by atoms with Crippen LogP contribution in [0.15, 0.2) is 72.8 Å². The van der Waals surface area contributed by atoms with E-state index in [2.05, 4.69) is 89.6 Å². The van der Waals surface area contributed by atoms with E-state index < -0.39 is 0 Å². The van der Waals surface area contributed by atoms with Gasteiger partial charge in [-0.15, -0.1) is 10.2 Å². The van der Waals surface area contributed by atoms with Gasteiger partial charge in [-0.1, -0.05) is 54.6 Å². The van der Waals surface area contributed by atoms with Crippen molar-refractivity contribution in [2.75, 3.05) is 63.9 Å². The van der Waals surface area contributed by atoms with Crippen molar-refractivity contribution in [2.45, 2.75) is 45.1 Å². The first-order valence-electron chi connectivity index (χ1n) is 17.2. The summed E-state index contributed by atoms with van der Waals surface area (Å²) in [5, 5.41) is 14.4. The van der Waals surface area contributed by atoms with Gasteiger partial charge in [0.1, 0.15) is 0 Å². The second-order valence-electron chi connectivity index (χ2n) is 13.1. The van der Waals surface area contributed by atoms with E-state index in [0.717, 1.165) is 93.2 Å². The van der Waals surface area contributed by atoms with E-state index in [4.69, 9.17) is 9.72 Å². The number of tetrazole rings is 1. The summed E-state index contributed by atoms with van der Waals surface area (Å²) >= 11 is 0. The molecule has 2 aromatic heterocycles. The molecular formula is C37H45N9O2. The fourth-order valence-corrected chi connectivity index (χ4v) is 7.46. The average molecular weight is 648 g/mol. The molecule has 0 aliphatic carbocycles. The molecule has 0 saturated carbocycles. The zero-order chi connectivity index (χ0) is 32.9. The van der Waals surface area contributed by atoms with Crippen molar-refractivity contribution in [3.63, 3.8) is 0 Å². The molecule has 2 saturated heterocycles. The Hall–Kier alpha value is -4.61. The Bertz CT molecular complexity index is 1820. The van der Waals surface area contributed by atoms with Crippen LogP contribution in [0, 0.1) is 6.92 Å². The van der Waals surface area contributed by atoms with E-state index in [1.54, 1.807) is 0 Å². The van der Waals surface area contributed by atoms with Crippen molar-refractivity contribution in [3.8, 4) is 11.4 Å².